The molecule has 1 aromatic heterocycles. The fraction of sp³-hybridized carbons (Fsp3) is 0.762. The Morgan fingerprint density at radius 2 is 2.23 bits per heavy atom. The number of rotatable bonds is 8. The number of thiazole rings is 1. The number of carbonyl (C=O) groups excluding carboxylic acids is 1. The van der Waals surface area contributed by atoms with Crippen LogP contribution in [-0.4, -0.2) is 69.7 Å². The van der Waals surface area contributed by atoms with Crippen LogP contribution < -0.4 is 5.32 Å². The molecule has 1 amide bonds. The molecule has 168 valence electrons. The van der Waals surface area contributed by atoms with Gasteiger partial charge in [0.05, 0.1) is 28.2 Å². The molecule has 1 aromatic rings. The summed E-state index contributed by atoms with van der Waals surface area (Å²) in [5.74, 6) is 1.90. The molecule has 0 aliphatic carbocycles. The molecular weight excluding hydrogens is 422 g/mol. The highest BCUT2D eigenvalue weighted by atomic mass is 32.2. The number of amides is 1. The maximum absolute atomic E-state index is 12.0. The molecule has 2 N–H and O–H groups in total. The van der Waals surface area contributed by atoms with Crippen LogP contribution in [0.5, 0.6) is 0 Å². The number of carboxylic acids is 1. The molecule has 0 saturated carbocycles. The zero-order valence-corrected chi connectivity index (χ0v) is 19.7. The zero-order valence-electron chi connectivity index (χ0n) is 18.1. The smallest absolute Gasteiger partial charge is 0.300 e. The van der Waals surface area contributed by atoms with E-state index in [2.05, 4.69) is 29.4 Å². The molecule has 7 nitrogen and oxygen atoms in total. The lowest BCUT2D eigenvalue weighted by molar-refractivity contribution is -0.134. The largest absolute Gasteiger partial charge is 0.481 e. The number of aryl methyl sites for hydroxylation is 1. The Hall–Kier alpha value is -1.16. The van der Waals surface area contributed by atoms with Crippen molar-refractivity contribution in [2.45, 2.75) is 58.3 Å². The molecule has 1 spiro atoms. The summed E-state index contributed by atoms with van der Waals surface area (Å²) >= 11 is 3.45. The summed E-state index contributed by atoms with van der Waals surface area (Å²) in [6.45, 7) is 9.11. The first kappa shape index (κ1) is 23.5. The van der Waals surface area contributed by atoms with Crippen molar-refractivity contribution in [3.05, 3.63) is 16.1 Å². The molecule has 3 aliphatic heterocycles. The Kier molecular flexibility index (Phi) is 8.17. The number of carbonyl (C=O) groups is 2. The maximum Gasteiger partial charge on any atom is 0.300 e. The molecule has 0 unspecified atom stereocenters. The van der Waals surface area contributed by atoms with Gasteiger partial charge in [-0.15, -0.1) is 11.3 Å². The topological polar surface area (TPSA) is 91.8 Å². The van der Waals surface area contributed by atoms with Crippen molar-refractivity contribution in [1.29, 1.82) is 0 Å². The summed E-state index contributed by atoms with van der Waals surface area (Å²) in [5.41, 5.74) is 1.22. The minimum atomic E-state index is -0.833. The van der Waals surface area contributed by atoms with Gasteiger partial charge in [0.25, 0.3) is 5.97 Å². The first-order chi connectivity index (χ1) is 14.4. The second kappa shape index (κ2) is 10.4. The minimum absolute atomic E-state index is 0.0296. The van der Waals surface area contributed by atoms with Crippen LogP contribution in [-0.2, 0) is 27.3 Å². The van der Waals surface area contributed by atoms with Gasteiger partial charge in [0, 0.05) is 50.3 Å². The van der Waals surface area contributed by atoms with Gasteiger partial charge in [-0.2, -0.15) is 11.8 Å². The number of aliphatic carboxylic acids is 1. The number of likely N-dealkylation sites (tertiary alicyclic amines) is 1. The van der Waals surface area contributed by atoms with E-state index in [9.17, 15) is 4.79 Å². The van der Waals surface area contributed by atoms with Crippen molar-refractivity contribution in [1.82, 2.24) is 15.2 Å². The standard InChI is InChI=1S/C19H29N3O2S2.C2H4O2/c1-3-18-21-13(10-26-18)8-22-9-15-14(7-20-17(23)11-25-4-2)16-5-6-19(15,12-22)24-16;1-2(3)4/h10,14-16H,3-9,11-12H2,1-2H3,(H,20,23);1H3,(H,3,4)/t14-,15+,16+,19+;/m0./s1. The average molecular weight is 456 g/mol. The molecule has 2 bridgehead atoms. The van der Waals surface area contributed by atoms with E-state index in [0.717, 1.165) is 51.7 Å². The number of nitrogens with zero attached hydrogens (tertiary/aromatic N) is 2. The van der Waals surface area contributed by atoms with E-state index in [1.54, 1.807) is 23.1 Å². The first-order valence-electron chi connectivity index (χ1n) is 10.7. The van der Waals surface area contributed by atoms with Crippen molar-refractivity contribution < 1.29 is 19.4 Å². The minimum Gasteiger partial charge on any atom is -0.481 e. The second-order valence-electron chi connectivity index (χ2n) is 8.25. The maximum atomic E-state index is 12.0. The molecule has 9 heteroatoms. The third-order valence-electron chi connectivity index (χ3n) is 6.11. The van der Waals surface area contributed by atoms with Gasteiger partial charge in [0.15, 0.2) is 0 Å². The predicted molar refractivity (Wildman–Crippen MR) is 120 cm³/mol. The summed E-state index contributed by atoms with van der Waals surface area (Å²) in [6, 6.07) is 0. The molecule has 4 heterocycles. The third kappa shape index (κ3) is 5.55. The summed E-state index contributed by atoms with van der Waals surface area (Å²) in [6.07, 6.45) is 3.67. The molecule has 3 saturated heterocycles. The van der Waals surface area contributed by atoms with Crippen LogP contribution >= 0.6 is 23.1 Å². The van der Waals surface area contributed by atoms with Crippen LogP contribution in [0.15, 0.2) is 5.38 Å². The van der Waals surface area contributed by atoms with Crippen LogP contribution in [0, 0.1) is 11.8 Å². The second-order valence-corrected chi connectivity index (χ2v) is 10.5. The lowest BCUT2D eigenvalue weighted by atomic mass is 9.73. The highest BCUT2D eigenvalue weighted by Crippen LogP contribution is 2.54. The first-order valence-corrected chi connectivity index (χ1v) is 12.8. The molecule has 0 radical (unpaired) electrons. The Morgan fingerprint density at radius 1 is 1.47 bits per heavy atom. The highest BCUT2D eigenvalue weighted by molar-refractivity contribution is 7.99. The Balaban J connectivity index is 0.000000589. The molecule has 0 aromatic carbocycles. The van der Waals surface area contributed by atoms with Crippen molar-refractivity contribution in [3.63, 3.8) is 0 Å². The normalized spacial score (nSPS) is 29.4. The van der Waals surface area contributed by atoms with Crippen LogP contribution in [0.25, 0.3) is 0 Å². The van der Waals surface area contributed by atoms with E-state index >= 15 is 0 Å². The number of thioether (sulfide) groups is 1. The summed E-state index contributed by atoms with van der Waals surface area (Å²) in [5, 5.41) is 14.0. The molecule has 4 atom stereocenters. The number of hydrogen-bond donors (Lipinski definition) is 2. The third-order valence-corrected chi connectivity index (χ3v) is 8.03. The van der Waals surface area contributed by atoms with Crippen LogP contribution in [0.4, 0.5) is 0 Å². The van der Waals surface area contributed by atoms with E-state index in [-0.39, 0.29) is 11.5 Å². The Bertz CT molecular complexity index is 740. The Morgan fingerprint density at radius 3 is 2.90 bits per heavy atom. The summed E-state index contributed by atoms with van der Waals surface area (Å²) < 4.78 is 6.49. The number of ether oxygens (including phenoxy) is 1. The molecule has 4 rings (SSSR count). The van der Waals surface area contributed by atoms with Gasteiger partial charge in [-0.25, -0.2) is 4.98 Å². The average Bonchev–Trinajstić information content (AvgIpc) is 3.44. The number of nitrogens with one attached hydrogen (secondary N) is 1. The van der Waals surface area contributed by atoms with Gasteiger partial charge in [0.2, 0.25) is 5.91 Å². The van der Waals surface area contributed by atoms with Crippen LogP contribution in [0.3, 0.4) is 0 Å². The van der Waals surface area contributed by atoms with E-state index in [1.165, 1.54) is 17.1 Å². The molecular formula is C21H33N3O4S2. The van der Waals surface area contributed by atoms with Gasteiger partial charge in [0.1, 0.15) is 0 Å². The lowest BCUT2D eigenvalue weighted by Gasteiger charge is -2.29. The molecule has 3 fully saturated rings. The fourth-order valence-corrected chi connectivity index (χ4v) is 6.20. The molecule has 3 aliphatic rings. The molecule has 30 heavy (non-hydrogen) atoms. The van der Waals surface area contributed by atoms with Crippen molar-refractivity contribution >= 4 is 35.0 Å². The van der Waals surface area contributed by atoms with Gasteiger partial charge in [-0.1, -0.05) is 13.8 Å². The summed E-state index contributed by atoms with van der Waals surface area (Å²) in [4.78, 5) is 28.2. The zero-order chi connectivity index (χ0) is 21.7. The van der Waals surface area contributed by atoms with E-state index in [4.69, 9.17) is 19.6 Å². The Labute approximate surface area is 187 Å². The van der Waals surface area contributed by atoms with Gasteiger partial charge >= 0.3 is 0 Å². The van der Waals surface area contributed by atoms with E-state index in [1.807, 2.05) is 0 Å². The number of carboxylic acid groups (broad SMARTS) is 1. The van der Waals surface area contributed by atoms with E-state index in [0.29, 0.717) is 23.7 Å². The van der Waals surface area contributed by atoms with Gasteiger partial charge in [-0.3, -0.25) is 14.5 Å². The SMILES string of the molecule is CC(=O)O.CCSCC(=O)NC[C@H]1[C@H]2CN(Cc3csc(CC)n3)C[C@]23CC[C@H]1O3. The van der Waals surface area contributed by atoms with Crippen LogP contribution in [0.1, 0.15) is 44.3 Å². The van der Waals surface area contributed by atoms with Gasteiger partial charge < -0.3 is 15.2 Å². The van der Waals surface area contributed by atoms with Crippen molar-refractivity contribution in [2.24, 2.45) is 11.8 Å². The fourth-order valence-electron chi connectivity index (χ4n) is 4.97. The number of fused-ring (bicyclic) bond motifs is 1. The van der Waals surface area contributed by atoms with Crippen molar-refractivity contribution in [2.75, 3.05) is 31.1 Å². The predicted octanol–water partition coefficient (Wildman–Crippen LogP) is 2.65. The monoisotopic (exact) mass is 455 g/mol. The van der Waals surface area contributed by atoms with Gasteiger partial charge in [-0.05, 0) is 25.0 Å². The lowest BCUT2D eigenvalue weighted by Crippen LogP contribution is -2.42. The highest BCUT2D eigenvalue weighted by Gasteiger charge is 2.62. The quantitative estimate of drug-likeness (QED) is 0.623. The van der Waals surface area contributed by atoms with E-state index < -0.39 is 5.97 Å². The van der Waals surface area contributed by atoms with Crippen LogP contribution in [0.2, 0.25) is 0 Å². The van der Waals surface area contributed by atoms with Crippen molar-refractivity contribution in [3.8, 4) is 0 Å². The number of hydrogen-bond acceptors (Lipinski definition) is 7. The summed E-state index contributed by atoms with van der Waals surface area (Å²) in [7, 11) is 0. The number of aromatic nitrogens is 1.